The molecule has 2 aromatic carbocycles. The average molecular weight is 437 g/mol. The van der Waals surface area contributed by atoms with E-state index in [2.05, 4.69) is 22.2 Å². The predicted molar refractivity (Wildman–Crippen MR) is 124 cm³/mol. The van der Waals surface area contributed by atoms with Crippen LogP contribution in [-0.2, 0) is 9.59 Å². The molecule has 8 nitrogen and oxygen atoms in total. The van der Waals surface area contributed by atoms with E-state index in [1.54, 1.807) is 25.1 Å². The molecular weight excluding hydrogens is 408 g/mol. The highest BCUT2D eigenvalue weighted by Crippen LogP contribution is 2.33. The van der Waals surface area contributed by atoms with Gasteiger partial charge in [0.15, 0.2) is 12.4 Å². The maximum Gasteiger partial charge on any atom is 0.265 e. The number of ether oxygens (including phenoxy) is 1. The van der Waals surface area contributed by atoms with Gasteiger partial charge in [0.1, 0.15) is 12.3 Å². The lowest BCUT2D eigenvalue weighted by atomic mass is 10.1. The van der Waals surface area contributed by atoms with E-state index in [9.17, 15) is 14.4 Å². The third-order valence-electron chi connectivity index (χ3n) is 5.87. The number of hydrogen-bond acceptors (Lipinski definition) is 6. The van der Waals surface area contributed by atoms with E-state index in [4.69, 9.17) is 4.74 Å². The van der Waals surface area contributed by atoms with Crippen molar-refractivity contribution in [2.45, 2.75) is 13.3 Å². The number of rotatable bonds is 6. The largest absolute Gasteiger partial charge is 0.482 e. The van der Waals surface area contributed by atoms with E-state index in [0.717, 1.165) is 31.9 Å². The summed E-state index contributed by atoms with van der Waals surface area (Å²) < 4.78 is 5.47. The van der Waals surface area contributed by atoms with Crippen molar-refractivity contribution >= 4 is 34.7 Å². The summed E-state index contributed by atoms with van der Waals surface area (Å²) in [6, 6.07) is 12.7. The van der Waals surface area contributed by atoms with Crippen molar-refractivity contribution in [2.24, 2.45) is 0 Å². The highest BCUT2D eigenvalue weighted by molar-refractivity contribution is 6.06. The predicted octanol–water partition coefficient (Wildman–Crippen LogP) is 2.40. The molecule has 4 rings (SSSR count). The summed E-state index contributed by atoms with van der Waals surface area (Å²) >= 11 is 0. The first-order chi connectivity index (χ1) is 15.4. The molecule has 8 heteroatoms. The van der Waals surface area contributed by atoms with Gasteiger partial charge in [0, 0.05) is 49.5 Å². The van der Waals surface area contributed by atoms with Gasteiger partial charge in [0.05, 0.1) is 5.69 Å². The first-order valence-electron chi connectivity index (χ1n) is 10.9. The van der Waals surface area contributed by atoms with E-state index in [1.165, 1.54) is 4.90 Å². The third-order valence-corrected chi connectivity index (χ3v) is 5.87. The van der Waals surface area contributed by atoms with Crippen molar-refractivity contribution in [3.8, 4) is 5.75 Å². The summed E-state index contributed by atoms with van der Waals surface area (Å²) in [5.41, 5.74) is 2.74. The Labute approximate surface area is 187 Å². The van der Waals surface area contributed by atoms with E-state index >= 15 is 0 Å². The number of carbonyl (C=O) groups is 3. The number of nitrogens with zero attached hydrogens (tertiary/aromatic N) is 3. The van der Waals surface area contributed by atoms with Crippen molar-refractivity contribution in [1.29, 1.82) is 0 Å². The van der Waals surface area contributed by atoms with E-state index in [0.29, 0.717) is 29.1 Å². The molecule has 2 amide bonds. The van der Waals surface area contributed by atoms with Gasteiger partial charge in [-0.25, -0.2) is 0 Å². The zero-order valence-electron chi connectivity index (χ0n) is 18.5. The van der Waals surface area contributed by atoms with E-state index in [-0.39, 0.29) is 30.7 Å². The van der Waals surface area contributed by atoms with Crippen LogP contribution in [0.15, 0.2) is 42.5 Å². The van der Waals surface area contributed by atoms with Crippen LogP contribution in [0.3, 0.4) is 0 Å². The van der Waals surface area contributed by atoms with Crippen LogP contribution in [0.2, 0.25) is 0 Å². The summed E-state index contributed by atoms with van der Waals surface area (Å²) in [6.45, 7) is 5.49. The van der Waals surface area contributed by atoms with Crippen molar-refractivity contribution in [2.75, 3.05) is 61.5 Å². The molecule has 0 radical (unpaired) electrons. The zero-order valence-corrected chi connectivity index (χ0v) is 18.5. The molecule has 1 N–H and O–H groups in total. The number of fused-ring (bicyclic) bond motifs is 1. The summed E-state index contributed by atoms with van der Waals surface area (Å²) in [7, 11) is 2.12. The molecule has 0 aromatic heterocycles. The maximum atomic E-state index is 12.7. The standard InChI is InChI=1S/C24H28N4O4/c1-3-21(29)17-4-9-22-20(14-17)28(24(31)16-32-22)15-23(30)25-18-5-7-19(8-6-18)27-12-10-26(2)11-13-27/h4-9,14H,3,10-13,15-16H2,1-2H3,(H,25,30). The van der Waals surface area contributed by atoms with Crippen LogP contribution in [0.1, 0.15) is 23.7 Å². The molecule has 1 fully saturated rings. The van der Waals surface area contributed by atoms with Gasteiger partial charge in [0.25, 0.3) is 5.91 Å². The molecule has 0 unspecified atom stereocenters. The minimum absolute atomic E-state index is 0.0318. The number of piperazine rings is 1. The van der Waals surface area contributed by atoms with Crippen molar-refractivity contribution in [3.05, 3.63) is 48.0 Å². The minimum atomic E-state index is -0.320. The molecule has 32 heavy (non-hydrogen) atoms. The Balaban J connectivity index is 1.43. The number of anilines is 3. The fourth-order valence-electron chi connectivity index (χ4n) is 3.92. The normalized spacial score (nSPS) is 16.4. The van der Waals surface area contributed by atoms with Crippen molar-refractivity contribution in [1.82, 2.24) is 4.90 Å². The summed E-state index contributed by atoms with van der Waals surface area (Å²) in [5, 5.41) is 2.86. The van der Waals surface area contributed by atoms with Gasteiger partial charge in [-0.15, -0.1) is 0 Å². The first kappa shape index (κ1) is 21.8. The Kier molecular flexibility index (Phi) is 6.41. The number of amides is 2. The topological polar surface area (TPSA) is 82.2 Å². The van der Waals surface area contributed by atoms with Crippen LogP contribution < -0.4 is 19.9 Å². The van der Waals surface area contributed by atoms with Crippen LogP contribution in [0, 0.1) is 0 Å². The second kappa shape index (κ2) is 9.40. The Morgan fingerprint density at radius 3 is 2.44 bits per heavy atom. The molecule has 2 aliphatic heterocycles. The molecule has 2 aliphatic rings. The second-order valence-corrected chi connectivity index (χ2v) is 8.11. The number of carbonyl (C=O) groups excluding carboxylic acids is 3. The third kappa shape index (κ3) is 4.75. The number of benzene rings is 2. The number of nitrogens with one attached hydrogen (secondary N) is 1. The SMILES string of the molecule is CCC(=O)c1ccc2c(c1)N(CC(=O)Nc1ccc(N3CCN(C)CC3)cc1)C(=O)CO2. The van der Waals surface area contributed by atoms with Crippen LogP contribution in [0.25, 0.3) is 0 Å². The molecule has 2 aromatic rings. The van der Waals surface area contributed by atoms with Gasteiger partial charge in [-0.3, -0.25) is 19.3 Å². The fourth-order valence-corrected chi connectivity index (χ4v) is 3.92. The number of likely N-dealkylation sites (N-methyl/N-ethyl adjacent to an activating group) is 1. The summed E-state index contributed by atoms with van der Waals surface area (Å²) in [4.78, 5) is 43.3. The number of Topliss-reactive ketones (excluding diaryl/α,β-unsaturated/α-hetero) is 1. The lowest BCUT2D eigenvalue weighted by molar-refractivity contribution is -0.123. The number of hydrogen-bond donors (Lipinski definition) is 1. The molecule has 168 valence electrons. The molecule has 0 spiro atoms. The van der Waals surface area contributed by atoms with Gasteiger partial charge in [-0.05, 0) is 49.5 Å². The molecule has 0 bridgehead atoms. The Morgan fingerprint density at radius 1 is 1.03 bits per heavy atom. The van der Waals surface area contributed by atoms with Crippen molar-refractivity contribution in [3.63, 3.8) is 0 Å². The van der Waals surface area contributed by atoms with Gasteiger partial charge in [-0.1, -0.05) is 6.92 Å². The zero-order chi connectivity index (χ0) is 22.7. The van der Waals surface area contributed by atoms with Gasteiger partial charge < -0.3 is 19.9 Å². The Bertz CT molecular complexity index is 1010. The fraction of sp³-hybridized carbons (Fsp3) is 0.375. The molecule has 0 atom stereocenters. The summed E-state index contributed by atoms with van der Waals surface area (Å²) in [5.74, 6) is -0.179. The minimum Gasteiger partial charge on any atom is -0.482 e. The highest BCUT2D eigenvalue weighted by Gasteiger charge is 2.28. The Hall–Kier alpha value is -3.39. The monoisotopic (exact) mass is 436 g/mol. The van der Waals surface area contributed by atoms with Crippen LogP contribution in [0.4, 0.5) is 17.1 Å². The first-order valence-corrected chi connectivity index (χ1v) is 10.9. The van der Waals surface area contributed by atoms with Gasteiger partial charge in [-0.2, -0.15) is 0 Å². The molecule has 1 saturated heterocycles. The van der Waals surface area contributed by atoms with Crippen LogP contribution in [-0.4, -0.2) is 68.9 Å². The lowest BCUT2D eigenvalue weighted by Crippen LogP contribution is -2.44. The molecule has 0 saturated carbocycles. The van der Waals surface area contributed by atoms with E-state index in [1.807, 2.05) is 24.3 Å². The maximum absolute atomic E-state index is 12.7. The Morgan fingerprint density at radius 2 is 1.75 bits per heavy atom. The lowest BCUT2D eigenvalue weighted by Gasteiger charge is -2.34. The van der Waals surface area contributed by atoms with Crippen LogP contribution in [0.5, 0.6) is 5.75 Å². The molecular formula is C24H28N4O4. The second-order valence-electron chi connectivity index (χ2n) is 8.11. The average Bonchev–Trinajstić information content (AvgIpc) is 2.81. The highest BCUT2D eigenvalue weighted by atomic mass is 16.5. The van der Waals surface area contributed by atoms with Crippen LogP contribution >= 0.6 is 0 Å². The molecule has 2 heterocycles. The number of ketones is 1. The van der Waals surface area contributed by atoms with E-state index < -0.39 is 0 Å². The molecule has 0 aliphatic carbocycles. The van der Waals surface area contributed by atoms with Crippen molar-refractivity contribution < 1.29 is 19.1 Å². The summed E-state index contributed by atoms with van der Waals surface area (Å²) in [6.07, 6.45) is 0.359. The van der Waals surface area contributed by atoms with Gasteiger partial charge >= 0.3 is 0 Å². The van der Waals surface area contributed by atoms with Gasteiger partial charge in [0.2, 0.25) is 5.91 Å². The quantitative estimate of drug-likeness (QED) is 0.701. The smallest absolute Gasteiger partial charge is 0.265 e.